The molecule has 1 aliphatic rings. The average molecular weight is 335 g/mol. The highest BCUT2D eigenvalue weighted by Crippen LogP contribution is 2.21. The van der Waals surface area contributed by atoms with Gasteiger partial charge in [0.25, 0.3) is 0 Å². The largest absolute Gasteiger partial charge is 0.378 e. The number of nitrogens with one attached hydrogen (secondary N) is 1. The van der Waals surface area contributed by atoms with Crippen molar-refractivity contribution >= 4 is 5.91 Å². The minimum atomic E-state index is -0.0435. The molecule has 1 aromatic heterocycles. The Morgan fingerprint density at radius 3 is 2.67 bits per heavy atom. The molecule has 3 atom stereocenters. The Morgan fingerprint density at radius 2 is 2.08 bits per heavy atom. The first kappa shape index (κ1) is 19.0. The number of nitrogens with zero attached hydrogens (tertiary/aromatic N) is 2. The zero-order valence-electron chi connectivity index (χ0n) is 16.1. The predicted molar refractivity (Wildman–Crippen MR) is 95.9 cm³/mol. The van der Waals surface area contributed by atoms with Crippen LogP contribution >= 0.6 is 0 Å². The molecular weight excluding hydrogens is 302 g/mol. The van der Waals surface area contributed by atoms with Gasteiger partial charge >= 0.3 is 0 Å². The molecule has 0 radical (unpaired) electrons. The molecule has 0 saturated carbocycles. The van der Waals surface area contributed by atoms with E-state index in [2.05, 4.69) is 31.2 Å². The molecule has 0 aromatic carbocycles. The number of aromatic nitrogens is 2. The molecule has 1 aromatic rings. The van der Waals surface area contributed by atoms with Crippen LogP contribution in [0, 0.1) is 25.7 Å². The Labute approximate surface area is 146 Å². The summed E-state index contributed by atoms with van der Waals surface area (Å²) in [6, 6.07) is 0.244. The molecule has 1 aliphatic heterocycles. The van der Waals surface area contributed by atoms with Crippen molar-refractivity contribution in [2.75, 3.05) is 6.61 Å². The highest BCUT2D eigenvalue weighted by atomic mass is 16.5. The van der Waals surface area contributed by atoms with Gasteiger partial charge in [0.1, 0.15) is 0 Å². The third kappa shape index (κ3) is 4.82. The Bertz CT molecular complexity index is 565. The van der Waals surface area contributed by atoms with Gasteiger partial charge in [-0.15, -0.1) is 0 Å². The van der Waals surface area contributed by atoms with Gasteiger partial charge in [0.15, 0.2) is 0 Å². The van der Waals surface area contributed by atoms with E-state index in [1.807, 2.05) is 25.6 Å². The highest BCUT2D eigenvalue weighted by Gasteiger charge is 2.26. The number of carbonyl (C=O) groups is 1. The van der Waals surface area contributed by atoms with Gasteiger partial charge in [-0.3, -0.25) is 9.48 Å². The Morgan fingerprint density at radius 1 is 1.38 bits per heavy atom. The molecule has 24 heavy (non-hydrogen) atoms. The Kier molecular flexibility index (Phi) is 6.44. The van der Waals surface area contributed by atoms with Crippen LogP contribution < -0.4 is 5.32 Å². The first-order valence-electron chi connectivity index (χ1n) is 9.19. The Balaban J connectivity index is 1.89. The lowest BCUT2D eigenvalue weighted by molar-refractivity contribution is -0.126. The smallest absolute Gasteiger partial charge is 0.223 e. The minimum Gasteiger partial charge on any atom is -0.378 e. The summed E-state index contributed by atoms with van der Waals surface area (Å²) in [5.74, 6) is 0.728. The molecule has 136 valence electrons. The lowest BCUT2D eigenvalue weighted by Crippen LogP contribution is -2.44. The number of hydrogen-bond acceptors (Lipinski definition) is 3. The molecule has 1 amide bonds. The maximum absolute atomic E-state index is 12.6. The number of hydrogen-bond donors (Lipinski definition) is 1. The summed E-state index contributed by atoms with van der Waals surface area (Å²) >= 11 is 0. The summed E-state index contributed by atoms with van der Waals surface area (Å²) in [5, 5.41) is 7.69. The van der Waals surface area contributed by atoms with Crippen molar-refractivity contribution in [1.29, 1.82) is 0 Å². The average Bonchev–Trinajstić information content (AvgIpc) is 2.73. The van der Waals surface area contributed by atoms with Gasteiger partial charge < -0.3 is 10.1 Å². The van der Waals surface area contributed by atoms with E-state index in [1.54, 1.807) is 0 Å². The van der Waals surface area contributed by atoms with Crippen LogP contribution in [0.1, 0.15) is 57.0 Å². The molecule has 0 bridgehead atoms. The molecule has 0 unspecified atom stereocenters. The highest BCUT2D eigenvalue weighted by molar-refractivity contribution is 5.79. The first-order chi connectivity index (χ1) is 11.3. The molecule has 1 fully saturated rings. The SMILES string of the molecule is Cc1nn(C)c(C)c1C[C@H](C)C(=O)N[C@H]1CCO[C@H](CC(C)C)C1. The van der Waals surface area contributed by atoms with Crippen molar-refractivity contribution in [3.8, 4) is 0 Å². The van der Waals surface area contributed by atoms with Crippen molar-refractivity contribution in [2.45, 2.75) is 72.4 Å². The van der Waals surface area contributed by atoms with Crippen LogP contribution in [0.3, 0.4) is 0 Å². The monoisotopic (exact) mass is 335 g/mol. The second kappa shape index (κ2) is 8.15. The third-order valence-electron chi connectivity index (χ3n) is 5.06. The number of amides is 1. The van der Waals surface area contributed by atoms with Crippen molar-refractivity contribution in [1.82, 2.24) is 15.1 Å². The van der Waals surface area contributed by atoms with Gasteiger partial charge in [0.05, 0.1) is 11.8 Å². The standard InChI is InChI=1S/C19H33N3O2/c1-12(2)9-17-11-16(7-8-24-17)20-19(23)13(3)10-18-14(4)21-22(6)15(18)5/h12-13,16-17H,7-11H2,1-6H3,(H,20,23)/t13-,16-,17+/m0/s1. The van der Waals surface area contributed by atoms with Gasteiger partial charge in [-0.25, -0.2) is 0 Å². The topological polar surface area (TPSA) is 56.2 Å². The fourth-order valence-corrected chi connectivity index (χ4v) is 3.56. The van der Waals surface area contributed by atoms with Crippen LogP contribution in [0.25, 0.3) is 0 Å². The number of carbonyl (C=O) groups excluding carboxylic acids is 1. The van der Waals surface area contributed by atoms with E-state index >= 15 is 0 Å². The number of ether oxygens (including phenoxy) is 1. The summed E-state index contributed by atoms with van der Waals surface area (Å²) in [4.78, 5) is 12.6. The molecule has 0 aliphatic carbocycles. The van der Waals surface area contributed by atoms with Crippen LogP contribution in [0.2, 0.25) is 0 Å². The van der Waals surface area contributed by atoms with Crippen LogP contribution in [0.4, 0.5) is 0 Å². The summed E-state index contributed by atoms with van der Waals surface area (Å²) in [5.41, 5.74) is 3.37. The quantitative estimate of drug-likeness (QED) is 0.869. The molecule has 2 rings (SSSR count). The summed E-state index contributed by atoms with van der Waals surface area (Å²) < 4.78 is 7.72. The van der Waals surface area contributed by atoms with E-state index in [-0.39, 0.29) is 24.0 Å². The second-order valence-electron chi connectivity index (χ2n) is 7.73. The van der Waals surface area contributed by atoms with E-state index in [0.29, 0.717) is 5.92 Å². The van der Waals surface area contributed by atoms with Crippen LogP contribution in [0.5, 0.6) is 0 Å². The van der Waals surface area contributed by atoms with Gasteiger partial charge in [-0.05, 0) is 51.0 Å². The normalized spacial score (nSPS) is 22.6. The number of aryl methyl sites for hydroxylation is 2. The van der Waals surface area contributed by atoms with Gasteiger partial charge in [0.2, 0.25) is 5.91 Å². The minimum absolute atomic E-state index is 0.0435. The molecule has 5 nitrogen and oxygen atoms in total. The van der Waals surface area contributed by atoms with Crippen LogP contribution in [0.15, 0.2) is 0 Å². The Hall–Kier alpha value is -1.36. The molecule has 0 spiro atoms. The summed E-state index contributed by atoms with van der Waals surface area (Å²) in [7, 11) is 1.95. The maximum atomic E-state index is 12.6. The van der Waals surface area contributed by atoms with Gasteiger partial charge in [-0.2, -0.15) is 5.10 Å². The molecular formula is C19H33N3O2. The van der Waals surface area contributed by atoms with Crippen molar-refractivity contribution in [3.63, 3.8) is 0 Å². The van der Waals surface area contributed by atoms with E-state index < -0.39 is 0 Å². The third-order valence-corrected chi connectivity index (χ3v) is 5.06. The van der Waals surface area contributed by atoms with E-state index in [1.165, 1.54) is 5.56 Å². The first-order valence-corrected chi connectivity index (χ1v) is 9.19. The molecule has 1 saturated heterocycles. The fraction of sp³-hybridized carbons (Fsp3) is 0.789. The molecule has 2 heterocycles. The fourth-order valence-electron chi connectivity index (χ4n) is 3.56. The lowest BCUT2D eigenvalue weighted by Gasteiger charge is -2.31. The zero-order valence-corrected chi connectivity index (χ0v) is 16.1. The van der Waals surface area contributed by atoms with Crippen molar-refractivity contribution < 1.29 is 9.53 Å². The van der Waals surface area contributed by atoms with Gasteiger partial charge in [-0.1, -0.05) is 20.8 Å². The maximum Gasteiger partial charge on any atom is 0.223 e. The summed E-state index contributed by atoms with van der Waals surface area (Å²) in [6.45, 7) is 11.3. The van der Waals surface area contributed by atoms with Gasteiger partial charge in [0, 0.05) is 31.3 Å². The van der Waals surface area contributed by atoms with E-state index in [4.69, 9.17) is 4.74 Å². The predicted octanol–water partition coefficient (Wildman–Crippen LogP) is 2.93. The van der Waals surface area contributed by atoms with Crippen LogP contribution in [-0.4, -0.2) is 34.4 Å². The van der Waals surface area contributed by atoms with E-state index in [0.717, 1.165) is 43.7 Å². The summed E-state index contributed by atoms with van der Waals surface area (Å²) in [6.07, 6.45) is 3.94. The van der Waals surface area contributed by atoms with Crippen LogP contribution in [-0.2, 0) is 23.0 Å². The van der Waals surface area contributed by atoms with Crippen molar-refractivity contribution in [3.05, 3.63) is 17.0 Å². The number of rotatable bonds is 6. The molecule has 1 N–H and O–H groups in total. The van der Waals surface area contributed by atoms with E-state index in [9.17, 15) is 4.79 Å². The van der Waals surface area contributed by atoms with Crippen molar-refractivity contribution in [2.24, 2.45) is 18.9 Å². The molecule has 5 heteroatoms. The lowest BCUT2D eigenvalue weighted by atomic mass is 9.94. The zero-order chi connectivity index (χ0) is 17.9. The second-order valence-corrected chi connectivity index (χ2v) is 7.73.